The van der Waals surface area contributed by atoms with Crippen LogP contribution in [0.1, 0.15) is 276 Å². The monoisotopic (exact) mass is 1070 g/mol. The van der Waals surface area contributed by atoms with Gasteiger partial charge in [-0.25, -0.2) is 0 Å². The van der Waals surface area contributed by atoms with E-state index in [9.17, 15) is 19.2 Å². The van der Waals surface area contributed by atoms with Gasteiger partial charge >= 0.3 is 11.9 Å². The van der Waals surface area contributed by atoms with Crippen molar-refractivity contribution < 1.29 is 28.7 Å². The Morgan fingerprint density at radius 1 is 0.410 bits per heavy atom. The van der Waals surface area contributed by atoms with E-state index in [1.165, 1.54) is 128 Å². The van der Waals surface area contributed by atoms with Crippen molar-refractivity contribution in [3.8, 4) is 0 Å². The van der Waals surface area contributed by atoms with Gasteiger partial charge in [-0.05, 0) is 87.5 Å². The number of esters is 2. The van der Waals surface area contributed by atoms with Crippen molar-refractivity contribution in [3.05, 3.63) is 130 Å². The maximum atomic E-state index is 13.4. The molecule has 6 heteroatoms. The smallest absolute Gasteiger partial charge is 0.306 e. The Bertz CT molecular complexity index is 2020. The highest BCUT2D eigenvalue weighted by Crippen LogP contribution is 2.42. The molecule has 0 amide bonds. The normalized spacial score (nSPS) is 18.9. The minimum atomic E-state index is -0.719. The van der Waals surface area contributed by atoms with Gasteiger partial charge in [0, 0.05) is 25.7 Å². The molecular weight excluding hydrogens is 961 g/mol. The molecule has 2 rings (SSSR count). The summed E-state index contributed by atoms with van der Waals surface area (Å²) in [4.78, 5) is 52.4. The summed E-state index contributed by atoms with van der Waals surface area (Å²) in [6, 6.07) is 0. The summed E-state index contributed by atoms with van der Waals surface area (Å²) in [5.41, 5.74) is 7.08. The van der Waals surface area contributed by atoms with Crippen LogP contribution in [0.3, 0.4) is 0 Å². The van der Waals surface area contributed by atoms with Crippen LogP contribution >= 0.6 is 0 Å². The summed E-state index contributed by atoms with van der Waals surface area (Å²) in [6.45, 7) is 25.0. The standard InChI is InChI=1S/C72H112O6/c1-13-15-17-19-21-23-25-27-29-31-33-35-37-49-67(73)77-65-55-71(9,10)63(61(7)69(65)75)53-51-59(5)47-41-45-57(3)43-39-40-44-58(4)46-42-48-60(6)52-54-64-62(8)70(76)66(56-72(64,11)12)78-68(74)50-38-36-34-32-30-28-26-24-22-20-18-16-14-2/h39-48,51-54,65-66H,13-38,49-50,55-56H2,1-12H3. The average Bonchev–Trinajstić information content (AvgIpc) is 3.38. The molecule has 2 atom stereocenters. The summed E-state index contributed by atoms with van der Waals surface area (Å²) < 4.78 is 11.6. The predicted molar refractivity (Wildman–Crippen MR) is 333 cm³/mol. The van der Waals surface area contributed by atoms with Gasteiger partial charge in [0.25, 0.3) is 0 Å². The van der Waals surface area contributed by atoms with Crippen molar-refractivity contribution in [2.24, 2.45) is 10.8 Å². The number of ketones is 2. The first-order valence-electron chi connectivity index (χ1n) is 31.3. The molecule has 0 aromatic rings. The molecule has 78 heavy (non-hydrogen) atoms. The molecular formula is C72H112O6. The minimum absolute atomic E-state index is 0.0847. The lowest BCUT2D eigenvalue weighted by atomic mass is 9.71. The number of Topliss-reactive ketones (excluding diaryl/α,β-unsaturated/α-hetero) is 2. The molecule has 2 aliphatic rings. The molecule has 0 saturated carbocycles. The quantitative estimate of drug-likeness (QED) is 0.0345. The summed E-state index contributed by atoms with van der Waals surface area (Å²) in [7, 11) is 0. The van der Waals surface area contributed by atoms with Crippen LogP contribution in [0.25, 0.3) is 0 Å². The molecule has 0 radical (unpaired) electrons. The lowest BCUT2D eigenvalue weighted by Gasteiger charge is -2.36. The maximum absolute atomic E-state index is 13.4. The van der Waals surface area contributed by atoms with Gasteiger partial charge in [0.2, 0.25) is 0 Å². The second kappa shape index (κ2) is 40.6. The zero-order valence-corrected chi connectivity index (χ0v) is 51.9. The molecule has 0 aromatic heterocycles. The number of unbranched alkanes of at least 4 members (excludes halogenated alkanes) is 24. The Labute approximate surface area is 478 Å². The number of ether oxygens (including phenoxy) is 2. The van der Waals surface area contributed by atoms with Gasteiger partial charge in [-0.2, -0.15) is 0 Å². The van der Waals surface area contributed by atoms with Crippen molar-refractivity contribution >= 4 is 23.5 Å². The van der Waals surface area contributed by atoms with E-state index in [2.05, 4.69) is 130 Å². The zero-order chi connectivity index (χ0) is 57.6. The summed E-state index contributed by atoms with van der Waals surface area (Å²) in [6.07, 6.45) is 61.8. The largest absolute Gasteiger partial charge is 0.454 e. The van der Waals surface area contributed by atoms with Crippen LogP contribution < -0.4 is 0 Å². The molecule has 2 aliphatic carbocycles. The van der Waals surface area contributed by atoms with Crippen LogP contribution in [-0.2, 0) is 28.7 Å². The third-order valence-electron chi connectivity index (χ3n) is 15.8. The Morgan fingerprint density at radius 3 is 0.962 bits per heavy atom. The maximum Gasteiger partial charge on any atom is 0.306 e. The van der Waals surface area contributed by atoms with Gasteiger partial charge in [-0.1, -0.05) is 303 Å². The van der Waals surface area contributed by atoms with Gasteiger partial charge in [-0.15, -0.1) is 0 Å². The first-order valence-corrected chi connectivity index (χ1v) is 31.3. The highest BCUT2D eigenvalue weighted by atomic mass is 16.6. The average molecular weight is 1070 g/mol. The Balaban J connectivity index is 1.79. The Hall–Kier alpha value is -4.58. The van der Waals surface area contributed by atoms with Gasteiger partial charge in [0.15, 0.2) is 23.8 Å². The summed E-state index contributed by atoms with van der Waals surface area (Å²) >= 11 is 0. The molecule has 0 aliphatic heterocycles. The second-order valence-electron chi connectivity index (χ2n) is 24.3. The number of hydrogen-bond acceptors (Lipinski definition) is 6. The van der Waals surface area contributed by atoms with E-state index >= 15 is 0 Å². The molecule has 0 spiro atoms. The minimum Gasteiger partial charge on any atom is -0.454 e. The number of carbonyl (C=O) groups is 4. The van der Waals surface area contributed by atoms with Gasteiger partial charge in [0.05, 0.1) is 0 Å². The summed E-state index contributed by atoms with van der Waals surface area (Å²) in [5.74, 6) is -0.681. The molecule has 0 bridgehead atoms. The van der Waals surface area contributed by atoms with Gasteiger partial charge in [-0.3, -0.25) is 19.2 Å². The molecule has 0 fully saturated rings. The third-order valence-corrected chi connectivity index (χ3v) is 15.8. The van der Waals surface area contributed by atoms with Crippen LogP contribution in [-0.4, -0.2) is 35.7 Å². The lowest BCUT2D eigenvalue weighted by Crippen LogP contribution is -2.39. The van der Waals surface area contributed by atoms with Crippen LogP contribution in [0, 0.1) is 10.8 Å². The fourth-order valence-corrected chi connectivity index (χ4v) is 10.8. The van der Waals surface area contributed by atoms with Crippen molar-refractivity contribution in [1.82, 2.24) is 0 Å². The molecule has 6 nitrogen and oxygen atoms in total. The van der Waals surface area contributed by atoms with Crippen molar-refractivity contribution in [3.63, 3.8) is 0 Å². The van der Waals surface area contributed by atoms with E-state index < -0.39 is 12.2 Å². The second-order valence-corrected chi connectivity index (χ2v) is 24.3. The topological polar surface area (TPSA) is 86.7 Å². The van der Waals surface area contributed by atoms with Crippen LogP contribution in [0.15, 0.2) is 130 Å². The molecule has 0 aromatic carbocycles. The first kappa shape index (κ1) is 69.5. The van der Waals surface area contributed by atoms with Gasteiger partial charge < -0.3 is 9.47 Å². The van der Waals surface area contributed by atoms with E-state index in [4.69, 9.17) is 9.47 Å². The van der Waals surface area contributed by atoms with Crippen LogP contribution in [0.5, 0.6) is 0 Å². The van der Waals surface area contributed by atoms with Crippen LogP contribution in [0.2, 0.25) is 0 Å². The molecule has 0 heterocycles. The highest BCUT2D eigenvalue weighted by molar-refractivity contribution is 6.02. The van der Waals surface area contributed by atoms with Crippen molar-refractivity contribution in [2.75, 3.05) is 0 Å². The first-order chi connectivity index (χ1) is 37.3. The third kappa shape index (κ3) is 30.1. The molecule has 0 N–H and O–H groups in total. The Kier molecular flexibility index (Phi) is 36.2. The number of rotatable bonds is 40. The van der Waals surface area contributed by atoms with E-state index in [0.29, 0.717) is 36.8 Å². The zero-order valence-electron chi connectivity index (χ0n) is 51.9. The highest BCUT2D eigenvalue weighted by Gasteiger charge is 2.41. The lowest BCUT2D eigenvalue weighted by molar-refractivity contribution is -0.156. The molecule has 0 saturated heterocycles. The predicted octanol–water partition coefficient (Wildman–Crippen LogP) is 21.0. The van der Waals surface area contributed by atoms with E-state index in [1.807, 2.05) is 38.2 Å². The fourth-order valence-electron chi connectivity index (χ4n) is 10.8. The SMILES string of the molecule is CCCCCCCCCCCCCCCC(=O)OC1CC(C)(C)C(C=CC(C)=CC=CC(C)=CC=CC=C(C)C=CC=C(C)C=CC2=C(C)C(=O)C(OC(=O)CCCCCCCCCCCCCCC)CC2(C)C)=C(C)C1=O. The van der Waals surface area contributed by atoms with E-state index in [0.717, 1.165) is 72.0 Å². The number of allylic oxidation sites excluding steroid dienone is 20. The van der Waals surface area contributed by atoms with E-state index in [-0.39, 0.29) is 34.3 Å². The van der Waals surface area contributed by atoms with E-state index in [1.54, 1.807) is 0 Å². The fraction of sp³-hybridized carbons (Fsp3) is 0.639. The van der Waals surface area contributed by atoms with Crippen molar-refractivity contribution in [1.29, 1.82) is 0 Å². The molecule has 436 valence electrons. The van der Waals surface area contributed by atoms with Crippen molar-refractivity contribution in [2.45, 2.75) is 288 Å². The number of hydrogen-bond donors (Lipinski definition) is 0. The number of carbonyl (C=O) groups excluding carboxylic acids is 4. The molecule has 2 unspecified atom stereocenters. The Morgan fingerprint density at radius 2 is 0.667 bits per heavy atom. The van der Waals surface area contributed by atoms with Crippen LogP contribution in [0.4, 0.5) is 0 Å². The summed E-state index contributed by atoms with van der Waals surface area (Å²) in [5, 5.41) is 0. The van der Waals surface area contributed by atoms with Gasteiger partial charge in [0.1, 0.15) is 0 Å².